The summed E-state index contributed by atoms with van der Waals surface area (Å²) in [6.07, 6.45) is 0. The molecule has 2 heterocycles. The summed E-state index contributed by atoms with van der Waals surface area (Å²) >= 11 is 1.31. The molecular weight excluding hydrogens is 288 g/mol. The number of nitrogens with one attached hydrogen (secondary N) is 2. The molecule has 3 N–H and O–H groups in total. The first-order valence-corrected chi connectivity index (χ1v) is 7.42. The van der Waals surface area contributed by atoms with Gasteiger partial charge >= 0.3 is 5.97 Å². The number of benzene rings is 1. The van der Waals surface area contributed by atoms with Crippen molar-refractivity contribution in [3.63, 3.8) is 0 Å². The number of thiophene rings is 1. The third kappa shape index (κ3) is 2.81. The molecule has 1 atom stereocenters. The van der Waals surface area contributed by atoms with Crippen LogP contribution in [0.5, 0.6) is 0 Å². The number of rotatable bonds is 4. The molecule has 0 bridgehead atoms. The summed E-state index contributed by atoms with van der Waals surface area (Å²) in [6.45, 7) is 1.55. The highest BCUT2D eigenvalue weighted by Crippen LogP contribution is 2.21. The van der Waals surface area contributed by atoms with E-state index in [0.29, 0.717) is 10.4 Å². The first kappa shape index (κ1) is 13.8. The maximum absolute atomic E-state index is 12.3. The first-order valence-electron chi connectivity index (χ1n) is 6.55. The maximum atomic E-state index is 12.3. The van der Waals surface area contributed by atoms with Crippen molar-refractivity contribution >= 4 is 23.2 Å². The van der Waals surface area contributed by atoms with Crippen molar-refractivity contribution in [2.45, 2.75) is 19.1 Å². The van der Waals surface area contributed by atoms with E-state index in [-0.39, 0.29) is 5.91 Å². The highest BCUT2D eigenvalue weighted by Gasteiger charge is 2.24. The van der Waals surface area contributed by atoms with E-state index in [1.165, 1.54) is 16.9 Å². The van der Waals surface area contributed by atoms with Gasteiger partial charge in [-0.15, -0.1) is 11.3 Å². The third-order valence-electron chi connectivity index (χ3n) is 3.45. The van der Waals surface area contributed by atoms with Crippen molar-refractivity contribution < 1.29 is 14.7 Å². The molecule has 3 rings (SSSR count). The summed E-state index contributed by atoms with van der Waals surface area (Å²) in [5, 5.41) is 16.9. The van der Waals surface area contributed by atoms with Crippen LogP contribution in [0.1, 0.15) is 32.4 Å². The van der Waals surface area contributed by atoms with Crippen molar-refractivity contribution in [2.75, 3.05) is 0 Å². The van der Waals surface area contributed by atoms with Crippen LogP contribution in [0.3, 0.4) is 0 Å². The fraction of sp³-hybridized carbons (Fsp3) is 0.200. The lowest BCUT2D eigenvalue weighted by atomic mass is 10.1. The second kappa shape index (κ2) is 5.67. The zero-order valence-corrected chi connectivity index (χ0v) is 11.9. The van der Waals surface area contributed by atoms with Crippen LogP contribution in [0, 0.1) is 0 Å². The molecule has 5 nitrogen and oxygen atoms in total. The van der Waals surface area contributed by atoms with Gasteiger partial charge < -0.3 is 15.7 Å². The zero-order chi connectivity index (χ0) is 14.8. The highest BCUT2D eigenvalue weighted by molar-refractivity contribution is 7.10. The van der Waals surface area contributed by atoms with Gasteiger partial charge in [0.1, 0.15) is 0 Å². The van der Waals surface area contributed by atoms with Crippen molar-refractivity contribution in [3.8, 4) is 0 Å². The minimum atomic E-state index is -1.06. The Hall–Kier alpha value is -2.18. The van der Waals surface area contributed by atoms with Gasteiger partial charge in [-0.05, 0) is 34.7 Å². The second-order valence-corrected chi connectivity index (χ2v) is 5.83. The van der Waals surface area contributed by atoms with Crippen LogP contribution in [0.25, 0.3) is 0 Å². The molecule has 21 heavy (non-hydrogen) atoms. The van der Waals surface area contributed by atoms with Gasteiger partial charge in [0.2, 0.25) is 0 Å². The number of carbonyl (C=O) groups is 2. The molecule has 0 spiro atoms. The molecule has 0 saturated carbocycles. The number of carboxylic acid groups (broad SMARTS) is 1. The van der Waals surface area contributed by atoms with E-state index in [1.807, 2.05) is 12.1 Å². The van der Waals surface area contributed by atoms with E-state index < -0.39 is 12.0 Å². The number of amides is 1. The number of carboxylic acids is 1. The molecule has 0 fully saturated rings. The molecule has 1 unspecified atom stereocenters. The van der Waals surface area contributed by atoms with Crippen LogP contribution in [0.2, 0.25) is 0 Å². The Morgan fingerprint density at radius 2 is 2.05 bits per heavy atom. The SMILES string of the molecule is O=C(NC(C(=O)O)c1cccs1)c1ccc2c(c1)CNC2. The van der Waals surface area contributed by atoms with Gasteiger partial charge in [0.05, 0.1) is 0 Å². The Labute approximate surface area is 125 Å². The van der Waals surface area contributed by atoms with E-state index in [0.717, 1.165) is 18.7 Å². The van der Waals surface area contributed by atoms with Gasteiger partial charge in [0.25, 0.3) is 5.91 Å². The number of hydrogen-bond acceptors (Lipinski definition) is 4. The third-order valence-corrected chi connectivity index (χ3v) is 4.39. The van der Waals surface area contributed by atoms with E-state index in [1.54, 1.807) is 23.6 Å². The molecule has 1 aliphatic heterocycles. The first-order chi connectivity index (χ1) is 10.1. The van der Waals surface area contributed by atoms with Crippen LogP contribution in [-0.4, -0.2) is 17.0 Å². The number of fused-ring (bicyclic) bond motifs is 1. The van der Waals surface area contributed by atoms with Crippen molar-refractivity contribution in [3.05, 3.63) is 57.3 Å². The molecule has 1 amide bonds. The Balaban J connectivity index is 1.80. The van der Waals surface area contributed by atoms with Gasteiger partial charge in [-0.3, -0.25) is 4.79 Å². The summed E-state index contributed by atoms with van der Waals surface area (Å²) in [7, 11) is 0. The lowest BCUT2D eigenvalue weighted by Gasteiger charge is -2.13. The average Bonchev–Trinajstić information content (AvgIpc) is 3.14. The minimum Gasteiger partial charge on any atom is -0.479 e. The molecule has 6 heteroatoms. The summed E-state index contributed by atoms with van der Waals surface area (Å²) < 4.78 is 0. The van der Waals surface area contributed by atoms with Gasteiger partial charge in [0, 0.05) is 23.5 Å². The normalized spacial score (nSPS) is 14.5. The smallest absolute Gasteiger partial charge is 0.331 e. The number of carbonyl (C=O) groups excluding carboxylic acids is 1. The second-order valence-electron chi connectivity index (χ2n) is 4.85. The van der Waals surface area contributed by atoms with E-state index in [9.17, 15) is 14.7 Å². The summed E-state index contributed by atoms with van der Waals surface area (Å²) in [6, 6.07) is 7.92. The van der Waals surface area contributed by atoms with Crippen LogP contribution in [-0.2, 0) is 17.9 Å². The zero-order valence-electron chi connectivity index (χ0n) is 11.1. The predicted molar refractivity (Wildman–Crippen MR) is 79.1 cm³/mol. The molecular formula is C15H14N2O3S. The fourth-order valence-corrected chi connectivity index (χ4v) is 3.13. The highest BCUT2D eigenvalue weighted by atomic mass is 32.1. The van der Waals surface area contributed by atoms with E-state index >= 15 is 0 Å². The van der Waals surface area contributed by atoms with Gasteiger partial charge in [-0.2, -0.15) is 0 Å². The summed E-state index contributed by atoms with van der Waals surface area (Å²) in [4.78, 5) is 24.2. The van der Waals surface area contributed by atoms with E-state index in [4.69, 9.17) is 0 Å². The fourth-order valence-electron chi connectivity index (χ4n) is 2.36. The van der Waals surface area contributed by atoms with Crippen molar-refractivity contribution in [2.24, 2.45) is 0 Å². The molecule has 1 aromatic carbocycles. The summed E-state index contributed by atoms with van der Waals surface area (Å²) in [5.74, 6) is -1.43. The lowest BCUT2D eigenvalue weighted by molar-refractivity contribution is -0.139. The van der Waals surface area contributed by atoms with Gasteiger partial charge in [0.15, 0.2) is 6.04 Å². The van der Waals surface area contributed by atoms with Gasteiger partial charge in [-0.25, -0.2) is 4.79 Å². The standard InChI is InChI=1S/C15H14N2O3S/c18-14(9-3-4-10-7-16-8-11(10)6-9)17-13(15(19)20)12-2-1-5-21-12/h1-6,13,16H,7-8H2,(H,17,18)(H,19,20). The van der Waals surface area contributed by atoms with Crippen molar-refractivity contribution in [1.29, 1.82) is 0 Å². The Morgan fingerprint density at radius 3 is 2.76 bits per heavy atom. The predicted octanol–water partition coefficient (Wildman–Crippen LogP) is 1.91. The Morgan fingerprint density at radius 1 is 1.24 bits per heavy atom. The lowest BCUT2D eigenvalue weighted by Crippen LogP contribution is -2.33. The van der Waals surface area contributed by atoms with Crippen LogP contribution in [0.15, 0.2) is 35.7 Å². The minimum absolute atomic E-state index is 0.370. The molecule has 0 radical (unpaired) electrons. The molecule has 1 aromatic heterocycles. The average molecular weight is 302 g/mol. The summed E-state index contributed by atoms with van der Waals surface area (Å²) in [5.41, 5.74) is 2.76. The maximum Gasteiger partial charge on any atom is 0.331 e. The molecule has 2 aromatic rings. The van der Waals surface area contributed by atoms with Gasteiger partial charge in [-0.1, -0.05) is 12.1 Å². The largest absolute Gasteiger partial charge is 0.479 e. The quantitative estimate of drug-likeness (QED) is 0.806. The molecule has 0 saturated heterocycles. The topological polar surface area (TPSA) is 78.4 Å². The van der Waals surface area contributed by atoms with Crippen LogP contribution >= 0.6 is 11.3 Å². The van der Waals surface area contributed by atoms with Crippen LogP contribution in [0.4, 0.5) is 0 Å². The number of hydrogen-bond donors (Lipinski definition) is 3. The Bertz CT molecular complexity index is 682. The molecule has 108 valence electrons. The Kier molecular flexibility index (Phi) is 3.72. The molecule has 0 aliphatic carbocycles. The van der Waals surface area contributed by atoms with Crippen LogP contribution < -0.4 is 10.6 Å². The van der Waals surface area contributed by atoms with Crippen molar-refractivity contribution in [1.82, 2.24) is 10.6 Å². The number of aliphatic carboxylic acids is 1. The molecule has 1 aliphatic rings. The monoisotopic (exact) mass is 302 g/mol. The van der Waals surface area contributed by atoms with E-state index in [2.05, 4.69) is 10.6 Å².